The summed E-state index contributed by atoms with van der Waals surface area (Å²) in [6.07, 6.45) is -0.460. The van der Waals surface area contributed by atoms with Crippen LogP contribution in [0.1, 0.15) is 5.56 Å². The van der Waals surface area contributed by atoms with E-state index >= 15 is 0 Å². The molecule has 2 aliphatic heterocycles. The fraction of sp³-hybridized carbons (Fsp3) is 0.280. The number of morpholine rings is 1. The molecule has 0 spiro atoms. The zero-order valence-electron chi connectivity index (χ0n) is 17.2. The van der Waals surface area contributed by atoms with Crippen LogP contribution in [0.2, 0.25) is 0 Å². The van der Waals surface area contributed by atoms with Gasteiger partial charge in [0.05, 0.1) is 31.9 Å². The molecule has 5 rings (SSSR count). The Hall–Kier alpha value is -3.38. The Kier molecular flexibility index (Phi) is 5.30. The van der Waals surface area contributed by atoms with Crippen molar-refractivity contribution in [1.29, 1.82) is 0 Å². The summed E-state index contributed by atoms with van der Waals surface area (Å²) in [5, 5.41) is 2.18. The Bertz CT molecular complexity index is 1120. The predicted octanol–water partition coefficient (Wildman–Crippen LogP) is 3.04. The van der Waals surface area contributed by atoms with E-state index in [0.717, 1.165) is 16.3 Å². The number of amides is 2. The molecule has 3 aromatic carbocycles. The summed E-state index contributed by atoms with van der Waals surface area (Å²) in [6.45, 7) is 2.35. The van der Waals surface area contributed by atoms with Crippen molar-refractivity contribution < 1.29 is 19.1 Å². The maximum absolute atomic E-state index is 13.4. The van der Waals surface area contributed by atoms with Crippen molar-refractivity contribution >= 4 is 28.3 Å². The van der Waals surface area contributed by atoms with E-state index in [9.17, 15) is 9.59 Å². The van der Waals surface area contributed by atoms with Crippen LogP contribution in [-0.4, -0.2) is 55.7 Å². The first-order valence-electron chi connectivity index (χ1n) is 10.6. The molecule has 0 radical (unpaired) electrons. The van der Waals surface area contributed by atoms with E-state index in [1.54, 1.807) is 9.80 Å². The molecule has 1 fully saturated rings. The highest BCUT2D eigenvalue weighted by molar-refractivity contribution is 6.00. The van der Waals surface area contributed by atoms with Gasteiger partial charge in [0, 0.05) is 13.1 Å². The second-order valence-corrected chi connectivity index (χ2v) is 7.83. The van der Waals surface area contributed by atoms with Gasteiger partial charge in [-0.25, -0.2) is 0 Å². The van der Waals surface area contributed by atoms with Crippen LogP contribution in [0.25, 0.3) is 10.8 Å². The second-order valence-electron chi connectivity index (χ2n) is 7.83. The van der Waals surface area contributed by atoms with E-state index in [1.807, 2.05) is 66.7 Å². The molecular formula is C25H24N2O4. The van der Waals surface area contributed by atoms with Gasteiger partial charge in [-0.2, -0.15) is 0 Å². The van der Waals surface area contributed by atoms with Gasteiger partial charge in [-0.05, 0) is 28.5 Å². The number of ether oxygens (including phenoxy) is 2. The van der Waals surface area contributed by atoms with Gasteiger partial charge in [0.2, 0.25) is 5.91 Å². The first-order valence-corrected chi connectivity index (χ1v) is 10.6. The predicted molar refractivity (Wildman–Crippen MR) is 118 cm³/mol. The number of fused-ring (bicyclic) bond motifs is 2. The summed E-state index contributed by atoms with van der Waals surface area (Å²) in [4.78, 5) is 30.0. The van der Waals surface area contributed by atoms with Gasteiger partial charge >= 0.3 is 0 Å². The number of hydrogen-bond acceptors (Lipinski definition) is 4. The van der Waals surface area contributed by atoms with Gasteiger partial charge in [-0.3, -0.25) is 9.59 Å². The lowest BCUT2D eigenvalue weighted by Gasteiger charge is -2.37. The Morgan fingerprint density at radius 2 is 1.65 bits per heavy atom. The molecule has 2 amide bonds. The van der Waals surface area contributed by atoms with Gasteiger partial charge in [0.1, 0.15) is 5.75 Å². The molecule has 2 aliphatic rings. The molecule has 0 bridgehead atoms. The normalized spacial score (nSPS) is 18.4. The molecule has 1 saturated heterocycles. The molecule has 6 nitrogen and oxygen atoms in total. The highest BCUT2D eigenvalue weighted by Crippen LogP contribution is 2.34. The lowest BCUT2D eigenvalue weighted by molar-refractivity contribution is -0.142. The maximum Gasteiger partial charge on any atom is 0.265 e. The second kappa shape index (κ2) is 8.40. The Balaban J connectivity index is 1.42. The molecule has 0 aromatic heterocycles. The third-order valence-corrected chi connectivity index (χ3v) is 5.89. The van der Waals surface area contributed by atoms with Crippen LogP contribution in [0.15, 0.2) is 66.7 Å². The zero-order chi connectivity index (χ0) is 21.2. The largest absolute Gasteiger partial charge is 0.476 e. The monoisotopic (exact) mass is 416 g/mol. The number of benzene rings is 3. The molecule has 158 valence electrons. The molecule has 0 N–H and O–H groups in total. The average Bonchev–Trinajstić information content (AvgIpc) is 2.83. The van der Waals surface area contributed by atoms with Crippen LogP contribution in [0.3, 0.4) is 0 Å². The van der Waals surface area contributed by atoms with E-state index in [0.29, 0.717) is 37.7 Å². The van der Waals surface area contributed by atoms with Gasteiger partial charge < -0.3 is 19.3 Å². The molecule has 3 aromatic rings. The average molecular weight is 416 g/mol. The molecule has 0 saturated carbocycles. The van der Waals surface area contributed by atoms with E-state index in [1.165, 1.54) is 0 Å². The van der Waals surface area contributed by atoms with Crippen LogP contribution in [-0.2, 0) is 20.7 Å². The summed E-state index contributed by atoms with van der Waals surface area (Å²) in [6, 6.07) is 21.5. The molecule has 0 aliphatic carbocycles. The molecular weight excluding hydrogens is 392 g/mol. The number of para-hydroxylation sites is 2. The number of hydrogen-bond donors (Lipinski definition) is 0. The summed E-state index contributed by atoms with van der Waals surface area (Å²) in [5.41, 5.74) is 1.68. The highest BCUT2D eigenvalue weighted by Gasteiger charge is 2.36. The van der Waals surface area contributed by atoms with Gasteiger partial charge in [-0.1, -0.05) is 54.6 Å². The zero-order valence-corrected chi connectivity index (χ0v) is 17.2. The summed E-state index contributed by atoms with van der Waals surface area (Å²) in [5.74, 6) is 0.416. The number of nitrogens with zero attached hydrogens (tertiary/aromatic N) is 2. The lowest BCUT2D eigenvalue weighted by atomic mass is 10.0. The first kappa shape index (κ1) is 19.6. The number of carbonyl (C=O) groups excluding carboxylic acids is 2. The molecule has 1 atom stereocenters. The van der Waals surface area contributed by atoms with E-state index in [4.69, 9.17) is 9.47 Å². The van der Waals surface area contributed by atoms with Crippen molar-refractivity contribution in [3.63, 3.8) is 0 Å². The van der Waals surface area contributed by atoms with Crippen LogP contribution < -0.4 is 9.64 Å². The molecule has 2 heterocycles. The topological polar surface area (TPSA) is 59.1 Å². The molecule has 31 heavy (non-hydrogen) atoms. The first-order chi connectivity index (χ1) is 15.2. The SMILES string of the molecule is O=C([C@@H]1CN(C(=O)Cc2cccc3ccccc23)c2ccccc2O1)N1CCOCC1. The van der Waals surface area contributed by atoms with Crippen molar-refractivity contribution in [3.8, 4) is 5.75 Å². The van der Waals surface area contributed by atoms with E-state index in [-0.39, 0.29) is 24.8 Å². The standard InChI is InChI=1S/C25H24N2O4/c28-24(16-19-8-5-7-18-6-1-2-9-20(18)19)27-17-23(25(29)26-12-14-30-15-13-26)31-22-11-4-3-10-21(22)27/h1-11,23H,12-17H2/t23-/m0/s1. The minimum atomic E-state index is -0.718. The minimum absolute atomic E-state index is 0.0492. The van der Waals surface area contributed by atoms with Crippen LogP contribution >= 0.6 is 0 Å². The van der Waals surface area contributed by atoms with Crippen LogP contribution in [0.4, 0.5) is 5.69 Å². The minimum Gasteiger partial charge on any atom is -0.476 e. The number of carbonyl (C=O) groups is 2. The fourth-order valence-corrected chi connectivity index (χ4v) is 4.29. The van der Waals surface area contributed by atoms with Crippen molar-refractivity contribution in [2.75, 3.05) is 37.7 Å². The fourth-order valence-electron chi connectivity index (χ4n) is 4.29. The van der Waals surface area contributed by atoms with E-state index < -0.39 is 6.10 Å². The van der Waals surface area contributed by atoms with Crippen LogP contribution in [0.5, 0.6) is 5.75 Å². The quantitative estimate of drug-likeness (QED) is 0.659. The van der Waals surface area contributed by atoms with Crippen molar-refractivity contribution in [2.45, 2.75) is 12.5 Å². The Morgan fingerprint density at radius 3 is 2.52 bits per heavy atom. The summed E-state index contributed by atoms with van der Waals surface area (Å²) in [7, 11) is 0. The van der Waals surface area contributed by atoms with Crippen LogP contribution in [0, 0.1) is 0 Å². The smallest absolute Gasteiger partial charge is 0.265 e. The molecule has 0 unspecified atom stereocenters. The number of anilines is 1. The summed E-state index contributed by atoms with van der Waals surface area (Å²) < 4.78 is 11.4. The summed E-state index contributed by atoms with van der Waals surface area (Å²) >= 11 is 0. The third kappa shape index (κ3) is 3.86. The third-order valence-electron chi connectivity index (χ3n) is 5.89. The van der Waals surface area contributed by atoms with Gasteiger partial charge in [0.25, 0.3) is 5.91 Å². The van der Waals surface area contributed by atoms with Crippen molar-refractivity contribution in [3.05, 3.63) is 72.3 Å². The highest BCUT2D eigenvalue weighted by atomic mass is 16.5. The van der Waals surface area contributed by atoms with Crippen molar-refractivity contribution in [1.82, 2.24) is 4.90 Å². The van der Waals surface area contributed by atoms with Crippen molar-refractivity contribution in [2.24, 2.45) is 0 Å². The Labute approximate surface area is 181 Å². The number of rotatable bonds is 3. The maximum atomic E-state index is 13.4. The van der Waals surface area contributed by atoms with Gasteiger partial charge in [0.15, 0.2) is 6.10 Å². The lowest BCUT2D eigenvalue weighted by Crippen LogP contribution is -2.54. The van der Waals surface area contributed by atoms with E-state index in [2.05, 4.69) is 0 Å². The molecule has 6 heteroatoms. The van der Waals surface area contributed by atoms with Gasteiger partial charge in [-0.15, -0.1) is 0 Å². The Morgan fingerprint density at radius 1 is 0.903 bits per heavy atom.